The highest BCUT2D eigenvalue weighted by Crippen LogP contribution is 2.42. The Kier molecular flexibility index (Phi) is 6.20. The van der Waals surface area contributed by atoms with Gasteiger partial charge >= 0.3 is 0 Å². The first-order valence-corrected chi connectivity index (χ1v) is 13.5. The normalized spacial score (nSPS) is 24.6. The van der Waals surface area contributed by atoms with Crippen LogP contribution in [0.1, 0.15) is 66.8 Å². The van der Waals surface area contributed by atoms with Gasteiger partial charge in [-0.25, -0.2) is 0 Å². The second-order valence-electron chi connectivity index (χ2n) is 10.7. The van der Waals surface area contributed by atoms with E-state index >= 15 is 0 Å². The summed E-state index contributed by atoms with van der Waals surface area (Å²) in [4.78, 5) is 34.9. The Morgan fingerprint density at radius 1 is 0.972 bits per heavy atom. The molecule has 3 atom stereocenters. The molecular weight excluding hydrogens is 450 g/mol. The summed E-state index contributed by atoms with van der Waals surface area (Å²) in [6.07, 6.45) is 9.28. The van der Waals surface area contributed by atoms with Crippen molar-refractivity contribution in [2.24, 2.45) is 5.92 Å². The summed E-state index contributed by atoms with van der Waals surface area (Å²) in [6, 6.07) is 15.5. The minimum absolute atomic E-state index is 0.0194. The van der Waals surface area contributed by atoms with Gasteiger partial charge in [-0.05, 0) is 79.8 Å². The number of likely N-dealkylation sites (tertiary alicyclic amines) is 2. The Bertz CT molecular complexity index is 1240. The number of hydrogen-bond acceptors (Lipinski definition) is 3. The number of nitrogens with zero attached hydrogens (tertiary/aromatic N) is 2. The van der Waals surface area contributed by atoms with Gasteiger partial charge in [-0.2, -0.15) is 0 Å². The minimum Gasteiger partial charge on any atom is -0.497 e. The molecule has 3 fully saturated rings. The molecule has 3 aromatic rings. The molecule has 0 bridgehead atoms. The van der Waals surface area contributed by atoms with E-state index in [2.05, 4.69) is 23.3 Å². The van der Waals surface area contributed by atoms with Gasteiger partial charge in [0.1, 0.15) is 11.8 Å². The number of carbonyl (C=O) groups is 2. The van der Waals surface area contributed by atoms with Crippen LogP contribution in [0.4, 0.5) is 0 Å². The maximum Gasteiger partial charge on any atom is 0.254 e. The highest BCUT2D eigenvalue weighted by atomic mass is 16.5. The van der Waals surface area contributed by atoms with Crippen molar-refractivity contribution in [3.63, 3.8) is 0 Å². The number of methoxy groups -OCH3 is 1. The van der Waals surface area contributed by atoms with Crippen LogP contribution in [-0.2, 0) is 4.79 Å². The molecular formula is C30H35N3O3. The van der Waals surface area contributed by atoms with Crippen LogP contribution in [0.3, 0.4) is 0 Å². The number of aromatic nitrogens is 1. The number of ether oxygens (including phenoxy) is 1. The molecule has 36 heavy (non-hydrogen) atoms. The number of hydrogen-bond donors (Lipinski definition) is 1. The third-order valence-corrected chi connectivity index (χ3v) is 8.80. The molecule has 6 rings (SSSR count). The Labute approximate surface area is 212 Å². The molecule has 1 aromatic heterocycles. The average Bonchev–Trinajstić information content (AvgIpc) is 3.54. The molecule has 2 amide bonds. The maximum absolute atomic E-state index is 13.9. The minimum atomic E-state index is -0.334. The average molecular weight is 486 g/mol. The lowest BCUT2D eigenvalue weighted by molar-refractivity contribution is -0.136. The van der Waals surface area contributed by atoms with Crippen molar-refractivity contribution in [3.05, 3.63) is 65.9 Å². The van der Waals surface area contributed by atoms with Crippen LogP contribution in [0.25, 0.3) is 10.9 Å². The van der Waals surface area contributed by atoms with Gasteiger partial charge in [0.2, 0.25) is 5.91 Å². The zero-order valence-corrected chi connectivity index (χ0v) is 21.0. The van der Waals surface area contributed by atoms with Crippen LogP contribution >= 0.6 is 0 Å². The largest absolute Gasteiger partial charge is 0.497 e. The molecule has 0 radical (unpaired) electrons. The predicted molar refractivity (Wildman–Crippen MR) is 140 cm³/mol. The first-order chi connectivity index (χ1) is 17.6. The van der Waals surface area contributed by atoms with Gasteiger partial charge in [0.05, 0.1) is 7.11 Å². The predicted octanol–water partition coefficient (Wildman–Crippen LogP) is 5.36. The number of rotatable bonds is 4. The van der Waals surface area contributed by atoms with Crippen molar-refractivity contribution in [2.75, 3.05) is 20.2 Å². The molecule has 6 heteroatoms. The van der Waals surface area contributed by atoms with Crippen LogP contribution in [0.2, 0.25) is 0 Å². The number of nitrogens with one attached hydrogen (secondary N) is 1. The first-order valence-electron chi connectivity index (χ1n) is 13.5. The molecule has 188 valence electrons. The summed E-state index contributed by atoms with van der Waals surface area (Å²) in [5.41, 5.74) is 3.12. The fraction of sp³-hybridized carbons (Fsp3) is 0.467. The Balaban J connectivity index is 1.19. The van der Waals surface area contributed by atoms with Crippen LogP contribution in [0.5, 0.6) is 5.75 Å². The van der Waals surface area contributed by atoms with E-state index in [0.717, 1.165) is 62.9 Å². The maximum atomic E-state index is 13.9. The fourth-order valence-electron chi connectivity index (χ4n) is 6.91. The van der Waals surface area contributed by atoms with Crippen LogP contribution in [0.15, 0.2) is 54.7 Å². The van der Waals surface area contributed by atoms with Gasteiger partial charge in [-0.1, -0.05) is 31.0 Å². The molecule has 1 saturated carbocycles. The summed E-state index contributed by atoms with van der Waals surface area (Å²) in [7, 11) is 1.70. The standard InChI is InChI=1S/C30H35N3O3/c1-36-23-11-12-26-24(18-23)25(19-31-26)20-13-15-32(16-14-20)30(35)28-17-22-9-5-6-10-27(22)33(28)29(34)21-7-3-2-4-8-21/h2-4,7-8,11-12,18-20,22,27-28,31H,5-6,9-10,13-17H2,1H3. The molecule has 1 N–H and O–H groups in total. The topological polar surface area (TPSA) is 65.6 Å². The lowest BCUT2D eigenvalue weighted by atomic mass is 9.84. The quantitative estimate of drug-likeness (QED) is 0.541. The lowest BCUT2D eigenvalue weighted by Gasteiger charge is -2.37. The van der Waals surface area contributed by atoms with Gasteiger partial charge in [0.15, 0.2) is 0 Å². The summed E-state index contributed by atoms with van der Waals surface area (Å²) in [5.74, 6) is 1.88. The van der Waals surface area contributed by atoms with E-state index < -0.39 is 0 Å². The Hall–Kier alpha value is -3.28. The summed E-state index contributed by atoms with van der Waals surface area (Å²) in [6.45, 7) is 1.47. The number of piperidine rings is 1. The number of H-pyrrole nitrogens is 1. The van der Waals surface area contributed by atoms with Crippen LogP contribution < -0.4 is 4.74 Å². The second kappa shape index (κ2) is 9.64. The molecule has 3 aliphatic rings. The highest BCUT2D eigenvalue weighted by Gasteiger charge is 2.48. The van der Waals surface area contributed by atoms with Gasteiger partial charge < -0.3 is 19.5 Å². The van der Waals surface area contributed by atoms with Gasteiger partial charge in [0.25, 0.3) is 5.91 Å². The van der Waals surface area contributed by atoms with E-state index in [4.69, 9.17) is 4.74 Å². The molecule has 3 heterocycles. The number of amides is 2. The van der Waals surface area contributed by atoms with E-state index in [9.17, 15) is 9.59 Å². The zero-order chi connectivity index (χ0) is 24.6. The van der Waals surface area contributed by atoms with E-state index in [1.54, 1.807) is 7.11 Å². The smallest absolute Gasteiger partial charge is 0.254 e. The van der Waals surface area contributed by atoms with E-state index in [1.807, 2.05) is 46.2 Å². The Morgan fingerprint density at radius 2 is 1.75 bits per heavy atom. The van der Waals surface area contributed by atoms with Crippen molar-refractivity contribution in [1.82, 2.24) is 14.8 Å². The summed E-state index contributed by atoms with van der Waals surface area (Å²) < 4.78 is 5.44. The molecule has 1 aliphatic carbocycles. The number of benzene rings is 2. The number of carbonyl (C=O) groups excluding carboxylic acids is 2. The third kappa shape index (κ3) is 4.06. The van der Waals surface area contributed by atoms with Crippen molar-refractivity contribution in [2.45, 2.75) is 62.9 Å². The molecule has 0 spiro atoms. The number of fused-ring (bicyclic) bond motifs is 2. The van der Waals surface area contributed by atoms with Gasteiger partial charge in [-0.3, -0.25) is 9.59 Å². The second-order valence-corrected chi connectivity index (χ2v) is 10.7. The van der Waals surface area contributed by atoms with E-state index in [1.165, 1.54) is 17.4 Å². The lowest BCUT2D eigenvalue weighted by Crippen LogP contribution is -2.52. The molecule has 6 nitrogen and oxygen atoms in total. The van der Waals surface area contributed by atoms with Crippen molar-refractivity contribution < 1.29 is 14.3 Å². The molecule has 2 aliphatic heterocycles. The van der Waals surface area contributed by atoms with Crippen molar-refractivity contribution in [1.29, 1.82) is 0 Å². The molecule has 3 unspecified atom stereocenters. The van der Waals surface area contributed by atoms with E-state index in [-0.39, 0.29) is 23.9 Å². The molecule has 2 saturated heterocycles. The summed E-state index contributed by atoms with van der Waals surface area (Å²) in [5, 5.41) is 1.21. The van der Waals surface area contributed by atoms with E-state index in [0.29, 0.717) is 17.4 Å². The van der Waals surface area contributed by atoms with Crippen molar-refractivity contribution in [3.8, 4) is 5.75 Å². The summed E-state index contributed by atoms with van der Waals surface area (Å²) >= 11 is 0. The third-order valence-electron chi connectivity index (χ3n) is 8.80. The monoisotopic (exact) mass is 485 g/mol. The zero-order valence-electron chi connectivity index (χ0n) is 21.0. The molecule has 2 aromatic carbocycles. The number of aromatic amines is 1. The highest BCUT2D eigenvalue weighted by molar-refractivity contribution is 5.98. The van der Waals surface area contributed by atoms with Crippen LogP contribution in [0, 0.1) is 5.92 Å². The first kappa shape index (κ1) is 23.1. The van der Waals surface area contributed by atoms with Crippen LogP contribution in [-0.4, -0.2) is 58.9 Å². The van der Waals surface area contributed by atoms with Gasteiger partial charge in [0, 0.05) is 41.8 Å². The van der Waals surface area contributed by atoms with Gasteiger partial charge in [-0.15, -0.1) is 0 Å². The van der Waals surface area contributed by atoms with Crippen molar-refractivity contribution >= 4 is 22.7 Å². The fourth-order valence-corrected chi connectivity index (χ4v) is 6.91. The SMILES string of the molecule is COc1ccc2[nH]cc(C3CCN(C(=O)C4CC5CCCCC5N4C(=O)c4ccccc4)CC3)c2c1. The Morgan fingerprint density at radius 3 is 2.53 bits per heavy atom.